The highest BCUT2D eigenvalue weighted by molar-refractivity contribution is 6.32. The first kappa shape index (κ1) is 12.1. The predicted octanol–water partition coefficient (Wildman–Crippen LogP) is 1.64. The summed E-state index contributed by atoms with van der Waals surface area (Å²) in [4.78, 5) is 2.34. The molecule has 1 fully saturated rings. The lowest BCUT2D eigenvalue weighted by molar-refractivity contribution is 0.171. The molecular formula is C13H17ClN2O2. The highest BCUT2D eigenvalue weighted by atomic mass is 35.5. The van der Waals surface area contributed by atoms with Crippen LogP contribution in [0.25, 0.3) is 0 Å². The first-order valence-corrected chi connectivity index (χ1v) is 6.66. The number of hydrogen-bond donors (Lipinski definition) is 1. The summed E-state index contributed by atoms with van der Waals surface area (Å²) >= 11 is 6.21. The van der Waals surface area contributed by atoms with Crippen molar-refractivity contribution >= 4 is 11.6 Å². The van der Waals surface area contributed by atoms with Gasteiger partial charge in [-0.25, -0.2) is 0 Å². The molecule has 2 aliphatic heterocycles. The predicted molar refractivity (Wildman–Crippen MR) is 70.3 cm³/mol. The number of halogens is 1. The van der Waals surface area contributed by atoms with Gasteiger partial charge in [-0.3, -0.25) is 4.90 Å². The monoisotopic (exact) mass is 268 g/mol. The van der Waals surface area contributed by atoms with Gasteiger partial charge in [-0.15, -0.1) is 0 Å². The van der Waals surface area contributed by atoms with Gasteiger partial charge in [0.05, 0.1) is 5.02 Å². The summed E-state index contributed by atoms with van der Waals surface area (Å²) in [5.41, 5.74) is 7.06. The molecule has 0 bridgehead atoms. The maximum atomic E-state index is 6.21. The zero-order valence-electron chi connectivity index (χ0n) is 10.2. The molecular weight excluding hydrogens is 252 g/mol. The average Bonchev–Trinajstić information content (AvgIpc) is 2.75. The fraction of sp³-hybridized carbons (Fsp3) is 0.538. The van der Waals surface area contributed by atoms with Crippen LogP contribution in [0.5, 0.6) is 11.5 Å². The van der Waals surface area contributed by atoms with Crippen LogP contribution in [-0.4, -0.2) is 37.2 Å². The molecule has 0 aromatic heterocycles. The van der Waals surface area contributed by atoms with Gasteiger partial charge in [0.1, 0.15) is 13.2 Å². The molecule has 98 valence electrons. The molecule has 4 nitrogen and oxygen atoms in total. The van der Waals surface area contributed by atoms with Gasteiger partial charge in [-0.1, -0.05) is 11.6 Å². The van der Waals surface area contributed by atoms with Crippen LogP contribution >= 0.6 is 11.6 Å². The Morgan fingerprint density at radius 2 is 2.17 bits per heavy atom. The Bertz CT molecular complexity index is 453. The molecule has 0 amide bonds. The summed E-state index contributed by atoms with van der Waals surface area (Å²) in [6.45, 7) is 4.01. The summed E-state index contributed by atoms with van der Waals surface area (Å²) < 4.78 is 11.1. The topological polar surface area (TPSA) is 47.7 Å². The molecule has 18 heavy (non-hydrogen) atoms. The number of nitrogens with two attached hydrogens (primary N) is 1. The van der Waals surface area contributed by atoms with Gasteiger partial charge in [-0.05, 0) is 24.1 Å². The Hall–Kier alpha value is -0.970. The molecule has 1 atom stereocenters. The average molecular weight is 269 g/mol. The summed E-state index contributed by atoms with van der Waals surface area (Å²) in [6, 6.07) is 4.28. The third kappa shape index (κ3) is 2.41. The second-order valence-corrected chi connectivity index (χ2v) is 5.29. The molecule has 0 radical (unpaired) electrons. The van der Waals surface area contributed by atoms with Gasteiger partial charge in [-0.2, -0.15) is 0 Å². The highest BCUT2D eigenvalue weighted by Crippen LogP contribution is 2.38. The van der Waals surface area contributed by atoms with Crippen LogP contribution < -0.4 is 15.2 Å². The smallest absolute Gasteiger partial charge is 0.179 e. The minimum absolute atomic E-state index is 0.303. The maximum absolute atomic E-state index is 6.21. The summed E-state index contributed by atoms with van der Waals surface area (Å²) in [7, 11) is 0. The number of hydrogen-bond acceptors (Lipinski definition) is 4. The van der Waals surface area contributed by atoms with Gasteiger partial charge < -0.3 is 15.2 Å². The lowest BCUT2D eigenvalue weighted by Gasteiger charge is -2.22. The maximum Gasteiger partial charge on any atom is 0.179 e. The molecule has 2 N–H and O–H groups in total. The van der Waals surface area contributed by atoms with E-state index in [1.807, 2.05) is 12.1 Å². The zero-order chi connectivity index (χ0) is 12.5. The van der Waals surface area contributed by atoms with Crippen LogP contribution in [0, 0.1) is 0 Å². The minimum atomic E-state index is 0.303. The largest absolute Gasteiger partial charge is 0.486 e. The van der Waals surface area contributed by atoms with Crippen molar-refractivity contribution < 1.29 is 9.47 Å². The van der Waals surface area contributed by atoms with Crippen LogP contribution in [0.2, 0.25) is 5.02 Å². The van der Waals surface area contributed by atoms with E-state index in [0.29, 0.717) is 30.0 Å². The van der Waals surface area contributed by atoms with Gasteiger partial charge in [0.2, 0.25) is 0 Å². The van der Waals surface area contributed by atoms with Crippen LogP contribution in [0.4, 0.5) is 0 Å². The number of ether oxygens (including phenoxy) is 2. The van der Waals surface area contributed by atoms with Crippen LogP contribution in [0.15, 0.2) is 12.1 Å². The molecule has 3 rings (SSSR count). The number of benzene rings is 1. The first-order chi connectivity index (χ1) is 8.72. The van der Waals surface area contributed by atoms with E-state index in [9.17, 15) is 0 Å². The Morgan fingerprint density at radius 3 is 2.94 bits per heavy atom. The third-order valence-electron chi connectivity index (χ3n) is 3.37. The molecule has 0 aliphatic carbocycles. The Morgan fingerprint density at radius 1 is 1.33 bits per heavy atom. The van der Waals surface area contributed by atoms with Crippen molar-refractivity contribution in [3.8, 4) is 11.5 Å². The molecule has 5 heteroatoms. The van der Waals surface area contributed by atoms with E-state index in [2.05, 4.69) is 4.90 Å². The van der Waals surface area contributed by atoms with Crippen molar-refractivity contribution in [2.75, 3.05) is 26.3 Å². The number of likely N-dealkylation sites (tertiary alicyclic amines) is 1. The molecule has 0 spiro atoms. The van der Waals surface area contributed by atoms with E-state index in [1.165, 1.54) is 0 Å². The quantitative estimate of drug-likeness (QED) is 0.886. The molecule has 0 unspecified atom stereocenters. The van der Waals surface area contributed by atoms with Gasteiger partial charge in [0, 0.05) is 25.7 Å². The van der Waals surface area contributed by atoms with E-state index >= 15 is 0 Å². The number of fused-ring (bicyclic) bond motifs is 1. The van der Waals surface area contributed by atoms with Gasteiger partial charge >= 0.3 is 0 Å². The van der Waals surface area contributed by atoms with E-state index < -0.39 is 0 Å². The fourth-order valence-corrected chi connectivity index (χ4v) is 2.81. The summed E-state index contributed by atoms with van der Waals surface area (Å²) in [6.07, 6.45) is 1.07. The van der Waals surface area contributed by atoms with Crippen molar-refractivity contribution in [1.29, 1.82) is 0 Å². The molecule has 1 aromatic carbocycles. The highest BCUT2D eigenvalue weighted by Gasteiger charge is 2.21. The number of rotatable bonds is 2. The van der Waals surface area contributed by atoms with E-state index in [0.717, 1.165) is 37.4 Å². The van der Waals surface area contributed by atoms with Crippen LogP contribution in [0.1, 0.15) is 12.0 Å². The molecule has 0 saturated carbocycles. The standard InChI is InChI=1S/C13H17ClN2O2/c14-11-5-9(7-16-2-1-10(15)8-16)6-12-13(11)18-4-3-17-12/h5-6,10H,1-4,7-8,15H2/t10-/m0/s1. The molecule has 1 aromatic rings. The van der Waals surface area contributed by atoms with Gasteiger partial charge in [0.25, 0.3) is 0 Å². The second-order valence-electron chi connectivity index (χ2n) is 4.89. The van der Waals surface area contributed by atoms with E-state index in [4.69, 9.17) is 26.8 Å². The molecule has 1 saturated heterocycles. The Labute approximate surface area is 112 Å². The lowest BCUT2D eigenvalue weighted by atomic mass is 10.2. The summed E-state index contributed by atoms with van der Waals surface area (Å²) in [5.74, 6) is 1.43. The lowest BCUT2D eigenvalue weighted by Crippen LogP contribution is -2.26. The van der Waals surface area contributed by atoms with E-state index in [-0.39, 0.29) is 0 Å². The van der Waals surface area contributed by atoms with Gasteiger partial charge in [0.15, 0.2) is 11.5 Å². The van der Waals surface area contributed by atoms with Crippen molar-refractivity contribution in [2.24, 2.45) is 5.73 Å². The Kier molecular flexibility index (Phi) is 3.33. The molecule has 2 heterocycles. The SMILES string of the molecule is N[C@H]1CCN(Cc2cc(Cl)c3c(c2)OCCO3)C1. The van der Waals surface area contributed by atoms with E-state index in [1.54, 1.807) is 0 Å². The fourth-order valence-electron chi connectivity index (χ4n) is 2.52. The van der Waals surface area contributed by atoms with Crippen LogP contribution in [0.3, 0.4) is 0 Å². The van der Waals surface area contributed by atoms with Crippen molar-refractivity contribution in [2.45, 2.75) is 19.0 Å². The summed E-state index contributed by atoms with van der Waals surface area (Å²) in [5, 5.41) is 0.630. The third-order valence-corrected chi connectivity index (χ3v) is 3.65. The second kappa shape index (κ2) is 4.96. The zero-order valence-corrected chi connectivity index (χ0v) is 10.9. The van der Waals surface area contributed by atoms with Crippen molar-refractivity contribution in [1.82, 2.24) is 4.90 Å². The van der Waals surface area contributed by atoms with Crippen molar-refractivity contribution in [3.63, 3.8) is 0 Å². The minimum Gasteiger partial charge on any atom is -0.486 e. The first-order valence-electron chi connectivity index (χ1n) is 6.28. The number of nitrogens with zero attached hydrogens (tertiary/aromatic N) is 1. The normalized spacial score (nSPS) is 23.3. The molecule has 2 aliphatic rings. The van der Waals surface area contributed by atoms with Crippen molar-refractivity contribution in [3.05, 3.63) is 22.7 Å². The Balaban J connectivity index is 1.78. The van der Waals surface area contributed by atoms with Crippen LogP contribution in [-0.2, 0) is 6.54 Å².